The van der Waals surface area contributed by atoms with E-state index in [9.17, 15) is 4.39 Å². The van der Waals surface area contributed by atoms with Gasteiger partial charge in [-0.3, -0.25) is 0 Å². The summed E-state index contributed by atoms with van der Waals surface area (Å²) in [5.41, 5.74) is 2.29. The molecule has 0 aromatic heterocycles. The van der Waals surface area contributed by atoms with E-state index in [1.54, 1.807) is 12.1 Å². The SMILES string of the molecule is Fc1cccc(CC(CCl)Cc2ccc(I)cc2)c1. The summed E-state index contributed by atoms with van der Waals surface area (Å²) < 4.78 is 14.4. The standard InChI is InChI=1S/C16H15ClFI/c17-11-14(8-12-4-6-16(19)7-5-12)9-13-2-1-3-15(18)10-13/h1-7,10,14H,8-9,11H2. The van der Waals surface area contributed by atoms with E-state index >= 15 is 0 Å². The summed E-state index contributed by atoms with van der Waals surface area (Å²) in [6.07, 6.45) is 1.74. The average molecular weight is 389 g/mol. The number of hydrogen-bond acceptors (Lipinski definition) is 0. The van der Waals surface area contributed by atoms with Gasteiger partial charge in [0.15, 0.2) is 0 Å². The van der Waals surface area contributed by atoms with E-state index in [0.717, 1.165) is 18.4 Å². The lowest BCUT2D eigenvalue weighted by molar-refractivity contribution is 0.576. The molecule has 19 heavy (non-hydrogen) atoms. The van der Waals surface area contributed by atoms with Crippen molar-refractivity contribution < 1.29 is 4.39 Å². The highest BCUT2D eigenvalue weighted by molar-refractivity contribution is 14.1. The van der Waals surface area contributed by atoms with Gasteiger partial charge in [0.05, 0.1) is 0 Å². The van der Waals surface area contributed by atoms with E-state index < -0.39 is 0 Å². The second kappa shape index (κ2) is 7.25. The van der Waals surface area contributed by atoms with E-state index in [1.165, 1.54) is 15.2 Å². The second-order valence-corrected chi connectivity index (χ2v) is 6.24. The Bertz CT molecular complexity index is 525. The predicted molar refractivity (Wildman–Crippen MR) is 87.2 cm³/mol. The highest BCUT2D eigenvalue weighted by Gasteiger charge is 2.10. The van der Waals surface area contributed by atoms with E-state index in [4.69, 9.17) is 11.6 Å². The molecule has 0 saturated heterocycles. The summed E-state index contributed by atoms with van der Waals surface area (Å²) in [4.78, 5) is 0. The lowest BCUT2D eigenvalue weighted by atomic mass is 9.94. The first-order chi connectivity index (χ1) is 9.17. The molecule has 0 fully saturated rings. The Morgan fingerprint density at radius 3 is 2.32 bits per heavy atom. The molecule has 0 amide bonds. The summed E-state index contributed by atoms with van der Waals surface area (Å²) >= 11 is 8.34. The Hall–Kier alpha value is -0.610. The van der Waals surface area contributed by atoms with Gasteiger partial charge >= 0.3 is 0 Å². The van der Waals surface area contributed by atoms with Gasteiger partial charge in [-0.15, -0.1) is 11.6 Å². The van der Waals surface area contributed by atoms with Crippen LogP contribution in [0.5, 0.6) is 0 Å². The van der Waals surface area contributed by atoms with Crippen molar-refractivity contribution in [3.05, 3.63) is 69.0 Å². The van der Waals surface area contributed by atoms with Crippen molar-refractivity contribution in [1.82, 2.24) is 0 Å². The first kappa shape index (κ1) is 14.8. The highest BCUT2D eigenvalue weighted by Crippen LogP contribution is 2.18. The van der Waals surface area contributed by atoms with E-state index in [2.05, 4.69) is 46.9 Å². The Morgan fingerprint density at radius 1 is 1.00 bits per heavy atom. The minimum Gasteiger partial charge on any atom is -0.207 e. The third-order valence-electron chi connectivity index (χ3n) is 3.07. The Balaban J connectivity index is 2.02. The Kier molecular flexibility index (Phi) is 5.64. The molecule has 2 aromatic rings. The number of benzene rings is 2. The van der Waals surface area contributed by atoms with E-state index in [1.807, 2.05) is 6.07 Å². The third-order valence-corrected chi connectivity index (χ3v) is 4.22. The topological polar surface area (TPSA) is 0 Å². The summed E-state index contributed by atoms with van der Waals surface area (Å²) in [6.45, 7) is 0. The first-order valence-corrected chi connectivity index (χ1v) is 7.83. The predicted octanol–water partition coefficient (Wildman–Crippen LogP) is 5.07. The molecule has 0 radical (unpaired) electrons. The minimum atomic E-state index is -0.180. The van der Waals surface area contributed by atoms with Crippen molar-refractivity contribution in [1.29, 1.82) is 0 Å². The van der Waals surface area contributed by atoms with Crippen molar-refractivity contribution >= 4 is 34.2 Å². The molecule has 2 rings (SSSR count). The monoisotopic (exact) mass is 388 g/mol. The average Bonchev–Trinajstić information content (AvgIpc) is 2.40. The number of alkyl halides is 1. The largest absolute Gasteiger partial charge is 0.207 e. The number of hydrogen-bond donors (Lipinski definition) is 0. The summed E-state index contributed by atoms with van der Waals surface area (Å²) in [7, 11) is 0. The molecule has 0 aliphatic carbocycles. The summed E-state index contributed by atoms with van der Waals surface area (Å²) in [6, 6.07) is 15.2. The molecule has 0 nitrogen and oxygen atoms in total. The van der Waals surface area contributed by atoms with Crippen LogP contribution in [0.2, 0.25) is 0 Å². The summed E-state index contributed by atoms with van der Waals surface area (Å²) in [5.74, 6) is 0.742. The van der Waals surface area contributed by atoms with E-state index in [-0.39, 0.29) is 5.82 Å². The molecule has 0 heterocycles. The van der Waals surface area contributed by atoms with Crippen LogP contribution >= 0.6 is 34.2 Å². The molecule has 1 atom stereocenters. The molecule has 100 valence electrons. The van der Waals surface area contributed by atoms with Crippen molar-refractivity contribution in [3.63, 3.8) is 0 Å². The first-order valence-electron chi connectivity index (χ1n) is 6.22. The fraction of sp³-hybridized carbons (Fsp3) is 0.250. The molecule has 0 spiro atoms. The molecule has 2 aromatic carbocycles. The Labute approximate surface area is 132 Å². The molecular weight excluding hydrogens is 374 g/mol. The van der Waals surface area contributed by atoms with Gasteiger partial charge in [-0.2, -0.15) is 0 Å². The lowest BCUT2D eigenvalue weighted by Crippen LogP contribution is -2.10. The number of rotatable bonds is 5. The van der Waals surface area contributed by atoms with Crippen LogP contribution in [-0.2, 0) is 12.8 Å². The van der Waals surface area contributed by atoms with Crippen LogP contribution in [0.15, 0.2) is 48.5 Å². The van der Waals surface area contributed by atoms with Gasteiger partial charge in [0.2, 0.25) is 0 Å². The van der Waals surface area contributed by atoms with Gasteiger partial charge in [-0.1, -0.05) is 24.3 Å². The van der Waals surface area contributed by atoms with Crippen LogP contribution in [0, 0.1) is 15.3 Å². The maximum absolute atomic E-state index is 13.2. The van der Waals surface area contributed by atoms with Crippen LogP contribution in [0.25, 0.3) is 0 Å². The normalized spacial score (nSPS) is 12.4. The molecule has 0 bridgehead atoms. The molecule has 0 aliphatic heterocycles. The van der Waals surface area contributed by atoms with Crippen LogP contribution in [0.1, 0.15) is 11.1 Å². The lowest BCUT2D eigenvalue weighted by Gasteiger charge is -2.14. The van der Waals surface area contributed by atoms with Gasteiger partial charge in [-0.05, 0) is 76.7 Å². The second-order valence-electron chi connectivity index (χ2n) is 4.68. The maximum atomic E-state index is 13.2. The van der Waals surface area contributed by atoms with Gasteiger partial charge < -0.3 is 0 Å². The highest BCUT2D eigenvalue weighted by atomic mass is 127. The fourth-order valence-electron chi connectivity index (χ4n) is 2.13. The van der Waals surface area contributed by atoms with E-state index in [0.29, 0.717) is 11.8 Å². The molecule has 0 N–H and O–H groups in total. The third kappa shape index (κ3) is 4.77. The van der Waals surface area contributed by atoms with Crippen molar-refractivity contribution in [2.45, 2.75) is 12.8 Å². The maximum Gasteiger partial charge on any atom is 0.123 e. The van der Waals surface area contributed by atoms with Gasteiger partial charge in [0, 0.05) is 9.45 Å². The fourth-order valence-corrected chi connectivity index (χ4v) is 2.71. The zero-order chi connectivity index (χ0) is 13.7. The van der Waals surface area contributed by atoms with Crippen LogP contribution in [0.3, 0.4) is 0 Å². The zero-order valence-electron chi connectivity index (χ0n) is 10.5. The molecule has 0 aliphatic rings. The van der Waals surface area contributed by atoms with Crippen molar-refractivity contribution in [2.24, 2.45) is 5.92 Å². The van der Waals surface area contributed by atoms with Gasteiger partial charge in [0.1, 0.15) is 5.82 Å². The molecule has 3 heteroatoms. The van der Waals surface area contributed by atoms with Crippen molar-refractivity contribution in [3.8, 4) is 0 Å². The van der Waals surface area contributed by atoms with Crippen LogP contribution < -0.4 is 0 Å². The smallest absolute Gasteiger partial charge is 0.123 e. The molecule has 0 saturated carbocycles. The van der Waals surface area contributed by atoms with Gasteiger partial charge in [-0.25, -0.2) is 4.39 Å². The van der Waals surface area contributed by atoms with Crippen molar-refractivity contribution in [2.75, 3.05) is 5.88 Å². The van der Waals surface area contributed by atoms with Crippen LogP contribution in [0.4, 0.5) is 4.39 Å². The quantitative estimate of drug-likeness (QED) is 0.495. The summed E-state index contributed by atoms with van der Waals surface area (Å²) in [5, 5.41) is 0. The van der Waals surface area contributed by atoms with Crippen LogP contribution in [-0.4, -0.2) is 5.88 Å². The van der Waals surface area contributed by atoms with Gasteiger partial charge in [0.25, 0.3) is 0 Å². The Morgan fingerprint density at radius 2 is 1.68 bits per heavy atom. The minimum absolute atomic E-state index is 0.180. The number of halogens is 3. The molecule has 1 unspecified atom stereocenters. The zero-order valence-corrected chi connectivity index (χ0v) is 13.4. The molecular formula is C16H15ClFI.